The zero-order valence-electron chi connectivity index (χ0n) is 8.01. The van der Waals surface area contributed by atoms with Crippen LogP contribution in [0.25, 0.3) is 0 Å². The van der Waals surface area contributed by atoms with Gasteiger partial charge in [0.15, 0.2) is 0 Å². The van der Waals surface area contributed by atoms with Gasteiger partial charge in [-0.15, -0.1) is 0 Å². The summed E-state index contributed by atoms with van der Waals surface area (Å²) >= 11 is 0. The second-order valence-corrected chi connectivity index (χ2v) is 3.12. The van der Waals surface area contributed by atoms with Crippen molar-refractivity contribution in [1.82, 2.24) is 0 Å². The van der Waals surface area contributed by atoms with E-state index in [0.29, 0.717) is 0 Å². The summed E-state index contributed by atoms with van der Waals surface area (Å²) in [7, 11) is 0. The van der Waals surface area contributed by atoms with Crippen LogP contribution in [0.4, 0.5) is 48.3 Å². The molecule has 19 heavy (non-hydrogen) atoms. The zero-order valence-corrected chi connectivity index (χ0v) is 8.01. The van der Waals surface area contributed by atoms with E-state index in [1.54, 1.807) is 0 Å². The average Bonchev–Trinajstić information content (AvgIpc) is 1.92. The number of hydrogen-bond donors (Lipinski definition) is 1. The molecule has 0 aliphatic heterocycles. The summed E-state index contributed by atoms with van der Waals surface area (Å²) in [5, 5.41) is 7.77. The Bertz CT molecular complexity index is 345. The van der Waals surface area contributed by atoms with Crippen LogP contribution in [-0.2, 0) is 4.79 Å². The number of carbonyl (C=O) groups is 1. The molecule has 0 bridgehead atoms. The minimum atomic E-state index is -7.61. The van der Waals surface area contributed by atoms with Crippen LogP contribution in [0.1, 0.15) is 0 Å². The molecule has 0 aromatic rings. The second-order valence-electron chi connectivity index (χ2n) is 3.12. The molecule has 0 rings (SSSR count). The Balaban J connectivity index is 6.63. The molecule has 1 N–H and O–H groups in total. The lowest BCUT2D eigenvalue weighted by molar-refractivity contribution is -0.434. The minimum Gasteiger partial charge on any atom is -0.480 e. The number of aliphatic carboxylic acids is 1. The van der Waals surface area contributed by atoms with E-state index in [2.05, 4.69) is 0 Å². The Morgan fingerprint density at radius 1 is 0.632 bits per heavy atom. The lowest BCUT2D eigenvalue weighted by Crippen LogP contribution is -2.70. The van der Waals surface area contributed by atoms with E-state index in [9.17, 15) is 53.1 Å². The molecule has 0 radical (unpaired) electrons. The highest BCUT2D eigenvalue weighted by Gasteiger charge is 2.93. The van der Waals surface area contributed by atoms with Crippen LogP contribution in [0.3, 0.4) is 0 Å². The quantitative estimate of drug-likeness (QED) is 0.794. The molecule has 0 fully saturated rings. The van der Waals surface area contributed by atoms with Crippen molar-refractivity contribution in [3.8, 4) is 0 Å². The van der Waals surface area contributed by atoms with Crippen LogP contribution in [0.15, 0.2) is 0 Å². The highest BCUT2D eigenvalue weighted by Crippen LogP contribution is 2.63. The third-order valence-electron chi connectivity index (χ3n) is 2.00. The topological polar surface area (TPSA) is 37.3 Å². The molecule has 0 saturated heterocycles. The van der Waals surface area contributed by atoms with E-state index in [0.717, 1.165) is 0 Å². The first-order chi connectivity index (χ1) is 7.94. The van der Waals surface area contributed by atoms with Crippen LogP contribution >= 0.6 is 0 Å². The Labute approximate surface area is 95.3 Å². The van der Waals surface area contributed by atoms with Crippen molar-refractivity contribution in [3.63, 3.8) is 0 Å². The van der Waals surface area contributed by atoms with Gasteiger partial charge in [0.1, 0.15) is 0 Å². The molecule has 0 aliphatic rings. The van der Waals surface area contributed by atoms with Crippen molar-refractivity contribution in [1.29, 1.82) is 0 Å². The van der Waals surface area contributed by atoms with Crippen molar-refractivity contribution in [2.75, 3.05) is 0 Å². The predicted molar refractivity (Wildman–Crippen MR) is 33.2 cm³/mol. The first kappa shape index (κ1) is 17.7. The maximum absolute atomic E-state index is 12.5. The Morgan fingerprint density at radius 3 is 0.947 bits per heavy atom. The zero-order chi connectivity index (χ0) is 16.1. The van der Waals surface area contributed by atoms with Gasteiger partial charge in [-0.3, -0.25) is 4.79 Å². The van der Waals surface area contributed by atoms with Crippen molar-refractivity contribution in [2.24, 2.45) is 5.41 Å². The highest BCUT2D eigenvalue weighted by molar-refractivity contribution is 5.78. The summed E-state index contributed by atoms with van der Waals surface area (Å²) in [5.41, 5.74) is -7.29. The van der Waals surface area contributed by atoms with E-state index < -0.39 is 35.8 Å². The average molecular weight is 314 g/mol. The van der Waals surface area contributed by atoms with E-state index in [-0.39, 0.29) is 0 Å². The van der Waals surface area contributed by atoms with Gasteiger partial charge in [0.2, 0.25) is 0 Å². The van der Waals surface area contributed by atoms with Gasteiger partial charge in [0, 0.05) is 0 Å². The minimum absolute atomic E-state index is 4.41. The van der Waals surface area contributed by atoms with E-state index >= 15 is 0 Å². The van der Waals surface area contributed by atoms with Crippen LogP contribution in [0.2, 0.25) is 0 Å². The Hall–Kier alpha value is -1.30. The predicted octanol–water partition coefficient (Wildman–Crippen LogP) is 3.38. The van der Waals surface area contributed by atoms with Crippen molar-refractivity contribution in [2.45, 2.75) is 24.5 Å². The van der Waals surface area contributed by atoms with Gasteiger partial charge in [-0.1, -0.05) is 0 Å². The third kappa shape index (κ3) is 2.18. The first-order valence-electron chi connectivity index (χ1n) is 3.76. The monoisotopic (exact) mass is 314 g/mol. The van der Waals surface area contributed by atoms with Crippen molar-refractivity contribution >= 4 is 5.97 Å². The number of hydrogen-bond acceptors (Lipinski definition) is 1. The lowest BCUT2D eigenvalue weighted by atomic mass is 9.78. The fourth-order valence-corrected chi connectivity index (χ4v) is 1.11. The number of halogens is 11. The maximum atomic E-state index is 12.5. The second kappa shape index (κ2) is 4.10. The molecule has 114 valence electrons. The van der Waals surface area contributed by atoms with Crippen molar-refractivity contribution < 1.29 is 58.2 Å². The Morgan fingerprint density at radius 2 is 0.895 bits per heavy atom. The molecule has 0 amide bonds. The molecule has 0 aromatic heterocycles. The van der Waals surface area contributed by atoms with E-state index in [4.69, 9.17) is 5.11 Å². The number of rotatable bonds is 2. The summed E-state index contributed by atoms with van der Waals surface area (Å²) in [6.45, 7) is 0. The van der Waals surface area contributed by atoms with Crippen LogP contribution in [0, 0.1) is 5.41 Å². The molecule has 0 aliphatic carbocycles. The van der Waals surface area contributed by atoms with Crippen LogP contribution < -0.4 is 0 Å². The number of alkyl halides is 11. The van der Waals surface area contributed by atoms with Gasteiger partial charge < -0.3 is 5.11 Å². The molecule has 13 heteroatoms. The fraction of sp³-hybridized carbons (Fsp3) is 0.833. The van der Waals surface area contributed by atoms with Crippen LogP contribution in [-0.4, -0.2) is 35.5 Å². The molecule has 0 atom stereocenters. The van der Waals surface area contributed by atoms with Gasteiger partial charge >= 0.3 is 35.8 Å². The van der Waals surface area contributed by atoms with Gasteiger partial charge in [-0.05, 0) is 0 Å². The molecule has 0 spiro atoms. The Kier molecular flexibility index (Phi) is 3.82. The van der Waals surface area contributed by atoms with Gasteiger partial charge in [0.25, 0.3) is 0 Å². The molecule has 0 saturated carbocycles. The molecule has 2 nitrogen and oxygen atoms in total. The first-order valence-corrected chi connectivity index (χ1v) is 3.76. The summed E-state index contributed by atoms with van der Waals surface area (Å²) in [6.07, 6.45) is -22.2. The van der Waals surface area contributed by atoms with E-state index in [1.165, 1.54) is 0 Å². The lowest BCUT2D eigenvalue weighted by Gasteiger charge is -2.39. The maximum Gasteiger partial charge on any atom is 0.455 e. The summed E-state index contributed by atoms with van der Waals surface area (Å²) in [6, 6.07) is 0. The normalized spacial score (nSPS) is 15.5. The summed E-state index contributed by atoms with van der Waals surface area (Å²) in [5.74, 6) is -12.0. The summed E-state index contributed by atoms with van der Waals surface area (Å²) < 4.78 is 133. The molecular weight excluding hydrogens is 313 g/mol. The van der Waals surface area contributed by atoms with Crippen molar-refractivity contribution in [3.05, 3.63) is 0 Å². The SMILES string of the molecule is O=C(O)C(C(F)(F)F)(C(F)(F)F)C(F)(F)C(F)(F)F. The fourth-order valence-electron chi connectivity index (χ4n) is 1.11. The van der Waals surface area contributed by atoms with Crippen LogP contribution in [0.5, 0.6) is 0 Å². The van der Waals surface area contributed by atoms with Gasteiger partial charge in [-0.2, -0.15) is 48.3 Å². The molecular formula is C6HF11O2. The summed E-state index contributed by atoms with van der Waals surface area (Å²) in [4.78, 5) is 9.99. The molecule has 0 heterocycles. The highest BCUT2D eigenvalue weighted by atomic mass is 19.4. The van der Waals surface area contributed by atoms with Gasteiger partial charge in [0.05, 0.1) is 0 Å². The van der Waals surface area contributed by atoms with E-state index in [1.807, 2.05) is 0 Å². The number of carboxylic acids is 1. The molecule has 0 unspecified atom stereocenters. The third-order valence-corrected chi connectivity index (χ3v) is 2.00. The standard InChI is InChI=1S/C6HF11O2/c7-3(8,6(15,16)17)2(1(18)19,4(9,10)11)5(12,13)14/h(H,18,19). The molecule has 0 aromatic carbocycles. The largest absolute Gasteiger partial charge is 0.480 e. The smallest absolute Gasteiger partial charge is 0.455 e. The number of carboxylic acid groups (broad SMARTS) is 1. The van der Waals surface area contributed by atoms with Gasteiger partial charge in [-0.25, -0.2) is 0 Å².